The van der Waals surface area contributed by atoms with Gasteiger partial charge < -0.3 is 14.0 Å². The molecule has 1 aliphatic rings. The van der Waals surface area contributed by atoms with Crippen molar-refractivity contribution in [2.24, 2.45) is 0 Å². The van der Waals surface area contributed by atoms with Crippen LogP contribution in [-0.4, -0.2) is 35.4 Å². The van der Waals surface area contributed by atoms with Crippen LogP contribution in [0.5, 0.6) is 0 Å². The van der Waals surface area contributed by atoms with E-state index in [1.807, 2.05) is 0 Å². The van der Waals surface area contributed by atoms with Gasteiger partial charge in [0.15, 0.2) is 0 Å². The highest BCUT2D eigenvalue weighted by Crippen LogP contribution is 2.16. The Morgan fingerprint density at radius 3 is 3.12 bits per heavy atom. The molecule has 1 aromatic heterocycles. The predicted octanol–water partition coefficient (Wildman–Crippen LogP) is 1.36. The number of esters is 1. The first-order valence-corrected chi connectivity index (χ1v) is 5.91. The van der Waals surface area contributed by atoms with Crippen LogP contribution in [0.25, 0.3) is 0 Å². The average molecular weight is 240 g/mol. The monoisotopic (exact) mass is 240 g/mol. The van der Waals surface area contributed by atoms with Gasteiger partial charge in [-0.05, 0) is 31.3 Å². The van der Waals surface area contributed by atoms with Gasteiger partial charge in [0, 0.05) is 6.61 Å². The second-order valence-corrected chi connectivity index (χ2v) is 3.92. The maximum atomic E-state index is 11.3. The van der Waals surface area contributed by atoms with Crippen LogP contribution >= 0.6 is 0 Å². The molecule has 0 spiro atoms. The molecular weight excluding hydrogens is 224 g/mol. The molecule has 0 saturated carbocycles. The molecule has 0 bridgehead atoms. The highest BCUT2D eigenvalue weighted by Gasteiger charge is 2.20. The second kappa shape index (κ2) is 5.77. The van der Waals surface area contributed by atoms with E-state index in [0.29, 0.717) is 18.9 Å². The normalized spacial score (nSPS) is 20.2. The minimum atomic E-state index is -0.549. The van der Waals surface area contributed by atoms with E-state index >= 15 is 0 Å². The van der Waals surface area contributed by atoms with Crippen molar-refractivity contribution in [2.45, 2.75) is 38.7 Å². The van der Waals surface area contributed by atoms with E-state index in [1.165, 1.54) is 0 Å². The van der Waals surface area contributed by atoms with Gasteiger partial charge in [-0.25, -0.2) is 4.79 Å². The van der Waals surface area contributed by atoms with Gasteiger partial charge in [-0.2, -0.15) is 4.98 Å². The third-order valence-corrected chi connectivity index (χ3v) is 2.60. The van der Waals surface area contributed by atoms with E-state index in [9.17, 15) is 4.79 Å². The Bertz CT molecular complexity index is 371. The Hall–Kier alpha value is -1.43. The molecule has 0 radical (unpaired) electrons. The van der Waals surface area contributed by atoms with Gasteiger partial charge in [-0.15, -0.1) is 0 Å². The summed E-state index contributed by atoms with van der Waals surface area (Å²) < 4.78 is 15.3. The zero-order valence-corrected chi connectivity index (χ0v) is 9.85. The van der Waals surface area contributed by atoms with Crippen molar-refractivity contribution in [1.82, 2.24) is 10.1 Å². The number of hydrogen-bond donors (Lipinski definition) is 0. The molecule has 0 aliphatic carbocycles. The number of hydrogen-bond acceptors (Lipinski definition) is 6. The fraction of sp³-hybridized carbons (Fsp3) is 0.727. The van der Waals surface area contributed by atoms with E-state index in [-0.39, 0.29) is 11.9 Å². The molecule has 17 heavy (non-hydrogen) atoms. The molecule has 1 saturated heterocycles. The fourth-order valence-corrected chi connectivity index (χ4v) is 1.78. The first kappa shape index (κ1) is 12.0. The number of aromatic nitrogens is 2. The van der Waals surface area contributed by atoms with Crippen molar-refractivity contribution in [1.29, 1.82) is 0 Å². The molecule has 6 nitrogen and oxygen atoms in total. The van der Waals surface area contributed by atoms with E-state index in [2.05, 4.69) is 10.1 Å². The molecule has 1 aliphatic heterocycles. The highest BCUT2D eigenvalue weighted by atomic mass is 16.5. The van der Waals surface area contributed by atoms with Crippen LogP contribution < -0.4 is 0 Å². The molecule has 0 amide bonds. The molecule has 1 unspecified atom stereocenters. The largest absolute Gasteiger partial charge is 0.460 e. The van der Waals surface area contributed by atoms with Gasteiger partial charge in [0.2, 0.25) is 5.89 Å². The van der Waals surface area contributed by atoms with Crippen LogP contribution in [0.15, 0.2) is 4.52 Å². The predicted molar refractivity (Wildman–Crippen MR) is 57.5 cm³/mol. The van der Waals surface area contributed by atoms with Gasteiger partial charge in [0.1, 0.15) is 0 Å². The zero-order chi connectivity index (χ0) is 12.1. The summed E-state index contributed by atoms with van der Waals surface area (Å²) in [5.74, 6) is -0.135. The minimum absolute atomic E-state index is 0.0161. The highest BCUT2D eigenvalue weighted by molar-refractivity contribution is 5.84. The molecule has 1 fully saturated rings. The Morgan fingerprint density at radius 1 is 1.53 bits per heavy atom. The van der Waals surface area contributed by atoms with Crippen LogP contribution in [0, 0.1) is 0 Å². The maximum Gasteiger partial charge on any atom is 0.379 e. The topological polar surface area (TPSA) is 74.5 Å². The quantitative estimate of drug-likeness (QED) is 0.740. The second-order valence-electron chi connectivity index (χ2n) is 3.92. The molecule has 2 heterocycles. The van der Waals surface area contributed by atoms with Gasteiger partial charge in [0.05, 0.1) is 19.1 Å². The lowest BCUT2D eigenvalue weighted by Gasteiger charge is -2.20. The average Bonchev–Trinajstić information content (AvgIpc) is 2.79. The Morgan fingerprint density at radius 2 is 2.41 bits per heavy atom. The van der Waals surface area contributed by atoms with Crippen molar-refractivity contribution in [2.75, 3.05) is 13.2 Å². The molecule has 0 aromatic carbocycles. The lowest BCUT2D eigenvalue weighted by atomic mass is 10.1. The standard InChI is InChI=1S/C11H16N2O4/c1-2-15-11(14)10-12-9(17-13-10)7-8-5-3-4-6-16-8/h8H,2-7H2,1H3. The zero-order valence-electron chi connectivity index (χ0n) is 9.85. The fourth-order valence-electron chi connectivity index (χ4n) is 1.78. The summed E-state index contributed by atoms with van der Waals surface area (Å²) in [5, 5.41) is 3.58. The van der Waals surface area contributed by atoms with Crippen LogP contribution in [0.4, 0.5) is 0 Å². The van der Waals surface area contributed by atoms with E-state index < -0.39 is 5.97 Å². The van der Waals surface area contributed by atoms with E-state index in [0.717, 1.165) is 25.9 Å². The lowest BCUT2D eigenvalue weighted by molar-refractivity contribution is 0.0124. The summed E-state index contributed by atoms with van der Waals surface area (Å²) in [6.07, 6.45) is 3.95. The number of nitrogens with zero attached hydrogens (tertiary/aromatic N) is 2. The Labute approximate surface area is 99.3 Å². The molecular formula is C11H16N2O4. The number of carbonyl (C=O) groups excluding carboxylic acids is 1. The Balaban J connectivity index is 1.91. The summed E-state index contributed by atoms with van der Waals surface area (Å²) in [6.45, 7) is 2.81. The number of carbonyl (C=O) groups is 1. The summed E-state index contributed by atoms with van der Waals surface area (Å²) in [6, 6.07) is 0. The van der Waals surface area contributed by atoms with Gasteiger partial charge in [0.25, 0.3) is 5.82 Å². The van der Waals surface area contributed by atoms with Gasteiger partial charge in [-0.1, -0.05) is 0 Å². The summed E-state index contributed by atoms with van der Waals surface area (Å²) >= 11 is 0. The Kier molecular flexibility index (Phi) is 4.08. The van der Waals surface area contributed by atoms with Gasteiger partial charge >= 0.3 is 5.97 Å². The van der Waals surface area contributed by atoms with E-state index in [4.69, 9.17) is 14.0 Å². The van der Waals surface area contributed by atoms with Crippen molar-refractivity contribution in [3.63, 3.8) is 0 Å². The number of ether oxygens (including phenoxy) is 2. The van der Waals surface area contributed by atoms with Crippen LogP contribution in [0.1, 0.15) is 42.7 Å². The first-order chi connectivity index (χ1) is 8.29. The first-order valence-electron chi connectivity index (χ1n) is 5.91. The van der Waals surface area contributed by atoms with Crippen molar-refractivity contribution in [3.8, 4) is 0 Å². The smallest absolute Gasteiger partial charge is 0.379 e. The molecule has 1 aromatic rings. The van der Waals surface area contributed by atoms with Crippen molar-refractivity contribution >= 4 is 5.97 Å². The molecule has 6 heteroatoms. The van der Waals surface area contributed by atoms with Crippen LogP contribution in [0.2, 0.25) is 0 Å². The summed E-state index contributed by atoms with van der Waals surface area (Å²) in [4.78, 5) is 15.3. The third kappa shape index (κ3) is 3.26. The van der Waals surface area contributed by atoms with Crippen molar-refractivity contribution in [3.05, 3.63) is 11.7 Å². The summed E-state index contributed by atoms with van der Waals surface area (Å²) in [7, 11) is 0. The summed E-state index contributed by atoms with van der Waals surface area (Å²) in [5.41, 5.74) is 0. The lowest BCUT2D eigenvalue weighted by Crippen LogP contribution is -2.21. The molecule has 1 atom stereocenters. The van der Waals surface area contributed by atoms with Crippen molar-refractivity contribution < 1.29 is 18.8 Å². The molecule has 2 rings (SSSR count). The molecule has 0 N–H and O–H groups in total. The van der Waals surface area contributed by atoms with E-state index in [1.54, 1.807) is 6.92 Å². The molecule has 94 valence electrons. The SMILES string of the molecule is CCOC(=O)c1noc(CC2CCCCO2)n1. The van der Waals surface area contributed by atoms with Gasteiger partial charge in [-0.3, -0.25) is 0 Å². The van der Waals surface area contributed by atoms with Crippen LogP contribution in [-0.2, 0) is 15.9 Å². The number of rotatable bonds is 4. The van der Waals surface area contributed by atoms with Crippen LogP contribution in [0.3, 0.4) is 0 Å². The maximum absolute atomic E-state index is 11.3. The third-order valence-electron chi connectivity index (χ3n) is 2.60. The minimum Gasteiger partial charge on any atom is -0.460 e.